The molecule has 0 aliphatic carbocycles. The van der Waals surface area contributed by atoms with E-state index in [0.29, 0.717) is 26.9 Å². The van der Waals surface area contributed by atoms with Gasteiger partial charge < -0.3 is 5.32 Å². The molecular weight excluding hydrogens is 396 g/mol. The zero-order chi connectivity index (χ0) is 17.3. The number of anilines is 1. The van der Waals surface area contributed by atoms with E-state index >= 15 is 0 Å². The highest BCUT2D eigenvalue weighted by Crippen LogP contribution is 2.21. The average Bonchev–Trinajstić information content (AvgIpc) is 2.88. The van der Waals surface area contributed by atoms with E-state index in [9.17, 15) is 4.79 Å². The lowest BCUT2D eigenvalue weighted by molar-refractivity contribution is -0.597. The van der Waals surface area contributed by atoms with Crippen LogP contribution in [0, 0.1) is 0 Å². The van der Waals surface area contributed by atoms with E-state index in [0.717, 1.165) is 0 Å². The molecule has 0 fully saturated rings. The van der Waals surface area contributed by atoms with Crippen molar-refractivity contribution in [1.82, 2.24) is 19.9 Å². The molecule has 0 radical (unpaired) electrons. The summed E-state index contributed by atoms with van der Waals surface area (Å²) in [5.74, 6) is 1.04. The fourth-order valence-electron chi connectivity index (χ4n) is 2.16. The van der Waals surface area contributed by atoms with Gasteiger partial charge in [-0.3, -0.25) is 5.32 Å². The van der Waals surface area contributed by atoms with Crippen molar-refractivity contribution in [3.63, 3.8) is 0 Å². The van der Waals surface area contributed by atoms with Crippen LogP contribution >= 0.6 is 27.5 Å². The SMILES string of the molecule is CC(C)NC(=O)Nc1cc(-[n+]2ccccc2Cl)nc2c(Br)cnn12. The highest BCUT2D eigenvalue weighted by molar-refractivity contribution is 9.10. The van der Waals surface area contributed by atoms with E-state index in [4.69, 9.17) is 11.6 Å². The molecule has 24 heavy (non-hydrogen) atoms. The van der Waals surface area contributed by atoms with Crippen LogP contribution in [0.4, 0.5) is 10.6 Å². The number of urea groups is 1. The number of nitrogens with one attached hydrogen (secondary N) is 2. The number of nitrogens with zero attached hydrogens (tertiary/aromatic N) is 4. The minimum Gasteiger partial charge on any atom is -0.336 e. The van der Waals surface area contributed by atoms with Crippen LogP contribution < -0.4 is 15.2 Å². The standard InChI is InChI=1S/C15H14BrClN6O/c1-9(2)19-15(24)21-13-7-12(22-6-4-3-5-11(22)17)20-14-10(16)8-18-23(13)14/h3-9H,1-2H3,(H-,18,19,20,21,24)/p+1. The van der Waals surface area contributed by atoms with Crippen LogP contribution in [0.5, 0.6) is 0 Å². The maximum Gasteiger partial charge on any atom is 0.335 e. The van der Waals surface area contributed by atoms with Gasteiger partial charge in [0.05, 0.1) is 18.5 Å². The third-order valence-corrected chi connectivity index (χ3v) is 4.00. The molecule has 3 aromatic heterocycles. The Morgan fingerprint density at radius 3 is 2.92 bits per heavy atom. The Bertz CT molecular complexity index is 910. The normalized spacial score (nSPS) is 11.0. The maximum atomic E-state index is 12.1. The van der Waals surface area contributed by atoms with Gasteiger partial charge in [0, 0.05) is 6.04 Å². The number of rotatable bonds is 3. The third-order valence-electron chi connectivity index (χ3n) is 3.13. The third kappa shape index (κ3) is 3.34. The van der Waals surface area contributed by atoms with Crippen molar-refractivity contribution in [3.05, 3.63) is 46.3 Å². The van der Waals surface area contributed by atoms with E-state index in [1.165, 1.54) is 0 Å². The molecule has 124 valence electrons. The second-order valence-electron chi connectivity index (χ2n) is 5.37. The van der Waals surface area contributed by atoms with Crippen LogP contribution in [0.2, 0.25) is 5.15 Å². The summed E-state index contributed by atoms with van der Waals surface area (Å²) in [7, 11) is 0. The van der Waals surface area contributed by atoms with Gasteiger partial charge >= 0.3 is 11.8 Å². The van der Waals surface area contributed by atoms with E-state index < -0.39 is 0 Å². The Hall–Kier alpha value is -2.19. The minimum absolute atomic E-state index is 0.0177. The van der Waals surface area contributed by atoms with Crippen molar-refractivity contribution in [2.24, 2.45) is 0 Å². The molecule has 9 heteroatoms. The summed E-state index contributed by atoms with van der Waals surface area (Å²) in [4.78, 5) is 16.6. The number of fused-ring (bicyclic) bond motifs is 1. The molecule has 0 aliphatic rings. The zero-order valence-corrected chi connectivity index (χ0v) is 15.3. The van der Waals surface area contributed by atoms with Gasteiger partial charge in [0.15, 0.2) is 5.15 Å². The lowest BCUT2D eigenvalue weighted by atomic mass is 10.4. The van der Waals surface area contributed by atoms with Gasteiger partial charge in [-0.1, -0.05) is 6.07 Å². The Morgan fingerprint density at radius 1 is 1.42 bits per heavy atom. The summed E-state index contributed by atoms with van der Waals surface area (Å²) in [6.45, 7) is 3.77. The molecule has 2 amide bonds. The van der Waals surface area contributed by atoms with Crippen LogP contribution in [-0.2, 0) is 0 Å². The van der Waals surface area contributed by atoms with Crippen LogP contribution in [0.15, 0.2) is 41.1 Å². The highest BCUT2D eigenvalue weighted by Gasteiger charge is 2.21. The summed E-state index contributed by atoms with van der Waals surface area (Å²) >= 11 is 9.66. The molecule has 3 rings (SSSR count). The first-order valence-corrected chi connectivity index (χ1v) is 8.41. The summed E-state index contributed by atoms with van der Waals surface area (Å²) < 4.78 is 3.97. The van der Waals surface area contributed by atoms with E-state index in [2.05, 4.69) is 36.6 Å². The van der Waals surface area contributed by atoms with Gasteiger partial charge in [-0.25, -0.2) is 4.79 Å². The minimum atomic E-state index is -0.320. The Morgan fingerprint density at radius 2 is 2.21 bits per heavy atom. The largest absolute Gasteiger partial charge is 0.336 e. The molecule has 0 saturated carbocycles. The summed E-state index contributed by atoms with van der Waals surface area (Å²) in [6.07, 6.45) is 3.41. The summed E-state index contributed by atoms with van der Waals surface area (Å²) in [6, 6.07) is 6.85. The quantitative estimate of drug-likeness (QED) is 0.515. The molecule has 0 aromatic carbocycles. The van der Waals surface area contributed by atoms with E-state index in [-0.39, 0.29) is 12.1 Å². The topological polar surface area (TPSA) is 75.2 Å². The Kier molecular flexibility index (Phi) is 4.68. The number of hydrogen-bond donors (Lipinski definition) is 2. The number of halogens is 2. The Balaban J connectivity index is 2.11. The van der Waals surface area contributed by atoms with Crippen LogP contribution in [-0.4, -0.2) is 26.7 Å². The van der Waals surface area contributed by atoms with Crippen molar-refractivity contribution >= 4 is 45.0 Å². The molecule has 3 aromatic rings. The monoisotopic (exact) mass is 409 g/mol. The van der Waals surface area contributed by atoms with Gasteiger partial charge in [0.2, 0.25) is 0 Å². The van der Waals surface area contributed by atoms with Crippen molar-refractivity contribution in [2.45, 2.75) is 19.9 Å². The number of carbonyl (C=O) groups is 1. The van der Waals surface area contributed by atoms with Crippen LogP contribution in [0.25, 0.3) is 11.5 Å². The van der Waals surface area contributed by atoms with Crippen molar-refractivity contribution < 1.29 is 9.36 Å². The number of carbonyl (C=O) groups excluding carboxylic acids is 1. The number of aromatic nitrogens is 4. The van der Waals surface area contributed by atoms with Gasteiger partial charge in [-0.2, -0.15) is 14.2 Å². The van der Waals surface area contributed by atoms with Gasteiger partial charge in [0.1, 0.15) is 10.3 Å². The van der Waals surface area contributed by atoms with Crippen LogP contribution in [0.3, 0.4) is 0 Å². The van der Waals surface area contributed by atoms with Gasteiger partial charge in [0.25, 0.3) is 5.65 Å². The molecule has 0 atom stereocenters. The highest BCUT2D eigenvalue weighted by atomic mass is 79.9. The molecule has 0 spiro atoms. The molecule has 0 bridgehead atoms. The van der Waals surface area contributed by atoms with Crippen molar-refractivity contribution in [1.29, 1.82) is 0 Å². The first-order valence-electron chi connectivity index (χ1n) is 7.24. The molecule has 0 saturated heterocycles. The second-order valence-corrected chi connectivity index (χ2v) is 6.62. The zero-order valence-electron chi connectivity index (χ0n) is 13.0. The number of hydrogen-bond acceptors (Lipinski definition) is 3. The maximum absolute atomic E-state index is 12.1. The molecule has 7 nitrogen and oxygen atoms in total. The fourth-order valence-corrected chi connectivity index (χ4v) is 2.72. The molecule has 2 N–H and O–H groups in total. The molecule has 0 unspecified atom stereocenters. The fraction of sp³-hybridized carbons (Fsp3) is 0.200. The molecule has 0 aliphatic heterocycles. The lowest BCUT2D eigenvalue weighted by Crippen LogP contribution is -2.36. The lowest BCUT2D eigenvalue weighted by Gasteiger charge is -2.10. The average molecular weight is 411 g/mol. The van der Waals surface area contributed by atoms with Gasteiger partial charge in [-0.05, 0) is 58.5 Å². The van der Waals surface area contributed by atoms with E-state index in [1.54, 1.807) is 33.6 Å². The number of pyridine rings is 1. The number of amides is 2. The predicted octanol–water partition coefficient (Wildman–Crippen LogP) is 2.95. The first kappa shape index (κ1) is 16.7. The Labute approximate surface area is 151 Å². The smallest absolute Gasteiger partial charge is 0.335 e. The van der Waals surface area contributed by atoms with Crippen molar-refractivity contribution in [2.75, 3.05) is 5.32 Å². The molecule has 3 heterocycles. The van der Waals surface area contributed by atoms with E-state index in [1.807, 2.05) is 26.0 Å². The van der Waals surface area contributed by atoms with Crippen molar-refractivity contribution in [3.8, 4) is 5.82 Å². The molecular formula is C15H15BrClN6O+. The summed E-state index contributed by atoms with van der Waals surface area (Å²) in [5, 5.41) is 10.3. The predicted molar refractivity (Wildman–Crippen MR) is 94.5 cm³/mol. The first-order chi connectivity index (χ1) is 11.5. The second kappa shape index (κ2) is 6.74. The van der Waals surface area contributed by atoms with Gasteiger partial charge in [-0.15, -0.1) is 0 Å². The van der Waals surface area contributed by atoms with Crippen LogP contribution in [0.1, 0.15) is 13.8 Å². The summed E-state index contributed by atoms with van der Waals surface area (Å²) in [5.41, 5.74) is 0.569.